The maximum atomic E-state index is 11.6. The lowest BCUT2D eigenvalue weighted by Crippen LogP contribution is -2.40. The zero-order valence-corrected chi connectivity index (χ0v) is 9.90. The summed E-state index contributed by atoms with van der Waals surface area (Å²) in [7, 11) is 0. The van der Waals surface area contributed by atoms with Crippen molar-refractivity contribution in [3.63, 3.8) is 0 Å². The van der Waals surface area contributed by atoms with Gasteiger partial charge in [0.25, 0.3) is 0 Å². The molecule has 92 valence electrons. The molecule has 0 bridgehead atoms. The summed E-state index contributed by atoms with van der Waals surface area (Å²) in [5.74, 6) is 0.586. The summed E-state index contributed by atoms with van der Waals surface area (Å²) in [6.45, 7) is 3.12. The molecule has 0 unspecified atom stereocenters. The molecule has 1 N–H and O–H groups in total. The van der Waals surface area contributed by atoms with Crippen molar-refractivity contribution in [3.05, 3.63) is 11.8 Å². The maximum Gasteiger partial charge on any atom is 0.240 e. The lowest BCUT2D eigenvalue weighted by molar-refractivity contribution is -0.123. The first-order valence-corrected chi connectivity index (χ1v) is 5.57. The predicted molar refractivity (Wildman–Crippen MR) is 60.4 cm³/mol. The van der Waals surface area contributed by atoms with Crippen LogP contribution in [-0.4, -0.2) is 29.6 Å². The van der Waals surface area contributed by atoms with Crippen molar-refractivity contribution >= 4 is 17.6 Å². The number of nitrogens with zero attached hydrogens (tertiary/aromatic N) is 2. The van der Waals surface area contributed by atoms with Crippen molar-refractivity contribution in [3.8, 4) is 0 Å². The Kier molecular flexibility index (Phi) is 3.12. The standard InChI is InChI=1S/C11H15N3O3/c1-7-5-10(13-17-7)14(8(2)15)6-11(16)12-9-3-4-9/h5,9H,3-4,6H2,1-2H3,(H,12,16). The van der Waals surface area contributed by atoms with Crippen LogP contribution in [0, 0.1) is 6.92 Å². The third-order valence-corrected chi connectivity index (χ3v) is 2.52. The van der Waals surface area contributed by atoms with E-state index in [1.54, 1.807) is 13.0 Å². The van der Waals surface area contributed by atoms with Crippen LogP contribution in [0.25, 0.3) is 0 Å². The molecule has 1 heterocycles. The van der Waals surface area contributed by atoms with Gasteiger partial charge >= 0.3 is 0 Å². The fourth-order valence-electron chi connectivity index (χ4n) is 1.48. The summed E-state index contributed by atoms with van der Waals surface area (Å²) in [5, 5.41) is 6.56. The lowest BCUT2D eigenvalue weighted by Gasteiger charge is -2.16. The van der Waals surface area contributed by atoms with Gasteiger partial charge in [-0.05, 0) is 19.8 Å². The highest BCUT2D eigenvalue weighted by Gasteiger charge is 2.25. The van der Waals surface area contributed by atoms with Crippen LogP contribution in [0.1, 0.15) is 25.5 Å². The van der Waals surface area contributed by atoms with Gasteiger partial charge in [0, 0.05) is 19.0 Å². The Morgan fingerprint density at radius 3 is 2.76 bits per heavy atom. The van der Waals surface area contributed by atoms with Crippen LogP contribution in [-0.2, 0) is 9.59 Å². The van der Waals surface area contributed by atoms with Crippen LogP contribution < -0.4 is 10.2 Å². The summed E-state index contributed by atoms with van der Waals surface area (Å²) >= 11 is 0. The number of carbonyl (C=O) groups is 2. The van der Waals surface area contributed by atoms with Gasteiger partial charge in [0.15, 0.2) is 5.82 Å². The van der Waals surface area contributed by atoms with Crippen LogP contribution in [0.5, 0.6) is 0 Å². The van der Waals surface area contributed by atoms with Gasteiger partial charge in [0.05, 0.1) is 0 Å². The van der Waals surface area contributed by atoms with Gasteiger partial charge in [-0.3, -0.25) is 14.5 Å². The second-order valence-electron chi connectivity index (χ2n) is 4.24. The molecule has 6 heteroatoms. The van der Waals surface area contributed by atoms with Gasteiger partial charge in [-0.2, -0.15) is 0 Å². The Labute approximate surface area is 98.9 Å². The van der Waals surface area contributed by atoms with Gasteiger partial charge in [-0.25, -0.2) is 0 Å². The molecule has 1 aliphatic rings. The molecule has 6 nitrogen and oxygen atoms in total. The minimum Gasteiger partial charge on any atom is -0.360 e. The second-order valence-corrected chi connectivity index (χ2v) is 4.24. The van der Waals surface area contributed by atoms with Crippen molar-refractivity contribution < 1.29 is 14.1 Å². The van der Waals surface area contributed by atoms with E-state index in [9.17, 15) is 9.59 Å². The van der Waals surface area contributed by atoms with Crippen molar-refractivity contribution in [2.45, 2.75) is 32.7 Å². The van der Waals surface area contributed by atoms with E-state index in [-0.39, 0.29) is 24.4 Å². The summed E-state index contributed by atoms with van der Waals surface area (Å²) in [6.07, 6.45) is 2.05. The Morgan fingerprint density at radius 2 is 2.29 bits per heavy atom. The van der Waals surface area contributed by atoms with Gasteiger partial charge in [0.2, 0.25) is 11.8 Å². The number of aromatic nitrogens is 1. The number of aryl methyl sites for hydroxylation is 1. The smallest absolute Gasteiger partial charge is 0.240 e. The summed E-state index contributed by atoms with van der Waals surface area (Å²) in [4.78, 5) is 24.4. The number of rotatable bonds is 4. The Hall–Kier alpha value is -1.85. The first-order chi connectivity index (χ1) is 8.06. The molecule has 0 aliphatic heterocycles. The first-order valence-electron chi connectivity index (χ1n) is 5.57. The lowest BCUT2D eigenvalue weighted by atomic mass is 10.4. The summed E-state index contributed by atoms with van der Waals surface area (Å²) in [6, 6.07) is 1.92. The Balaban J connectivity index is 2.01. The number of carbonyl (C=O) groups excluding carboxylic acids is 2. The van der Waals surface area contributed by atoms with Gasteiger partial charge < -0.3 is 9.84 Å². The minimum atomic E-state index is -0.232. The van der Waals surface area contributed by atoms with Crippen molar-refractivity contribution in [2.75, 3.05) is 11.4 Å². The fraction of sp³-hybridized carbons (Fsp3) is 0.545. The maximum absolute atomic E-state index is 11.6. The molecule has 1 aromatic rings. The Morgan fingerprint density at radius 1 is 1.59 bits per heavy atom. The van der Waals surface area contributed by atoms with E-state index in [2.05, 4.69) is 10.5 Å². The van der Waals surface area contributed by atoms with Crippen LogP contribution >= 0.6 is 0 Å². The van der Waals surface area contributed by atoms with Crippen molar-refractivity contribution in [2.24, 2.45) is 0 Å². The van der Waals surface area contributed by atoms with E-state index in [0.29, 0.717) is 11.6 Å². The number of nitrogens with one attached hydrogen (secondary N) is 1. The highest BCUT2D eigenvalue weighted by molar-refractivity contribution is 5.96. The molecule has 17 heavy (non-hydrogen) atoms. The summed E-state index contributed by atoms with van der Waals surface area (Å²) < 4.78 is 4.90. The number of hydrogen-bond acceptors (Lipinski definition) is 4. The first kappa shape index (κ1) is 11.6. The van der Waals surface area contributed by atoms with Crippen LogP contribution in [0.4, 0.5) is 5.82 Å². The molecule has 1 fully saturated rings. The molecule has 0 spiro atoms. The zero-order valence-electron chi connectivity index (χ0n) is 9.90. The highest BCUT2D eigenvalue weighted by atomic mass is 16.5. The molecule has 2 amide bonds. The van der Waals surface area contributed by atoms with E-state index in [1.807, 2.05) is 0 Å². The van der Waals surface area contributed by atoms with E-state index in [1.165, 1.54) is 11.8 Å². The second kappa shape index (κ2) is 4.57. The molecule has 1 saturated carbocycles. The van der Waals surface area contributed by atoms with Crippen molar-refractivity contribution in [1.82, 2.24) is 10.5 Å². The molecule has 1 aliphatic carbocycles. The summed E-state index contributed by atoms with van der Waals surface area (Å²) in [5.41, 5.74) is 0. The highest BCUT2D eigenvalue weighted by Crippen LogP contribution is 2.19. The van der Waals surface area contributed by atoms with Gasteiger partial charge in [0.1, 0.15) is 12.3 Å². The Bertz CT molecular complexity index is 437. The van der Waals surface area contributed by atoms with Crippen LogP contribution in [0.15, 0.2) is 10.6 Å². The van der Waals surface area contributed by atoms with E-state index in [4.69, 9.17) is 4.52 Å². The zero-order chi connectivity index (χ0) is 12.4. The SMILES string of the molecule is CC(=O)N(CC(=O)NC1CC1)c1cc(C)on1. The number of anilines is 1. The van der Waals surface area contributed by atoms with Gasteiger partial charge in [-0.15, -0.1) is 0 Å². The van der Waals surface area contributed by atoms with E-state index < -0.39 is 0 Å². The monoisotopic (exact) mass is 237 g/mol. The number of hydrogen-bond donors (Lipinski definition) is 1. The van der Waals surface area contributed by atoms with E-state index in [0.717, 1.165) is 12.8 Å². The predicted octanol–water partition coefficient (Wildman–Crippen LogP) is 0.615. The topological polar surface area (TPSA) is 75.4 Å². The van der Waals surface area contributed by atoms with E-state index >= 15 is 0 Å². The molecule has 1 aromatic heterocycles. The minimum absolute atomic E-state index is 0.0161. The molecule has 0 saturated heterocycles. The molecular weight excluding hydrogens is 222 g/mol. The average Bonchev–Trinajstić information content (AvgIpc) is 2.95. The average molecular weight is 237 g/mol. The molecule has 0 atom stereocenters. The normalized spacial score (nSPS) is 14.5. The number of amides is 2. The van der Waals surface area contributed by atoms with Crippen molar-refractivity contribution in [1.29, 1.82) is 0 Å². The van der Waals surface area contributed by atoms with Crippen LogP contribution in [0.3, 0.4) is 0 Å². The molecular formula is C11H15N3O3. The van der Waals surface area contributed by atoms with Gasteiger partial charge in [-0.1, -0.05) is 5.16 Å². The third-order valence-electron chi connectivity index (χ3n) is 2.52. The van der Waals surface area contributed by atoms with Crippen LogP contribution in [0.2, 0.25) is 0 Å². The molecule has 0 aromatic carbocycles. The molecule has 2 rings (SSSR count). The largest absolute Gasteiger partial charge is 0.360 e. The quantitative estimate of drug-likeness (QED) is 0.832. The molecule has 0 radical (unpaired) electrons. The third kappa shape index (κ3) is 3.05. The fourth-order valence-corrected chi connectivity index (χ4v) is 1.48.